The number of primary amides is 1. The number of ether oxygens (including phenoxy) is 1. The summed E-state index contributed by atoms with van der Waals surface area (Å²) in [6.45, 7) is 4.06. The predicted molar refractivity (Wildman–Crippen MR) is 163 cm³/mol. The van der Waals surface area contributed by atoms with Crippen LogP contribution in [-0.2, 0) is 46.5 Å². The molecule has 0 unspecified atom stereocenters. The summed E-state index contributed by atoms with van der Waals surface area (Å²) in [5.74, 6) is -5.29. The van der Waals surface area contributed by atoms with Gasteiger partial charge < -0.3 is 42.6 Å². The first kappa shape index (κ1) is 36.4. The van der Waals surface area contributed by atoms with Crippen molar-refractivity contribution in [3.8, 4) is 0 Å². The maximum atomic E-state index is 13.5. The molecule has 0 saturated heterocycles. The minimum Gasteiger partial charge on any atom is -0.459 e. The third-order valence-corrected chi connectivity index (χ3v) is 6.67. The Hall–Kier alpha value is -4.82. The zero-order valence-electron chi connectivity index (χ0n) is 25.5. The van der Waals surface area contributed by atoms with E-state index in [1.54, 1.807) is 68.4 Å². The molecule has 0 aliphatic rings. The second-order valence-electron chi connectivity index (χ2n) is 10.8. The number of aliphatic hydroxyl groups is 1. The summed E-state index contributed by atoms with van der Waals surface area (Å²) >= 11 is 0. The van der Waals surface area contributed by atoms with Crippen LogP contribution in [0.1, 0.15) is 38.3 Å². The molecule has 45 heavy (non-hydrogen) atoms. The maximum absolute atomic E-state index is 13.5. The van der Waals surface area contributed by atoms with Gasteiger partial charge in [-0.3, -0.25) is 24.0 Å². The van der Waals surface area contributed by atoms with Gasteiger partial charge in [-0.1, -0.05) is 74.5 Å². The number of nitrogens with two attached hydrogens (primary N) is 2. The van der Waals surface area contributed by atoms with Crippen LogP contribution in [0.5, 0.6) is 0 Å². The van der Waals surface area contributed by atoms with E-state index < -0.39 is 84.7 Å². The van der Waals surface area contributed by atoms with E-state index in [2.05, 4.69) is 21.3 Å². The average molecular weight is 627 g/mol. The quantitative estimate of drug-likeness (QED) is 0.104. The SMILES string of the molecule is CC(C)[C@H](NC(=O)[C@@H](CC(N)=O)NC(=O)[C@H](N)CO)C(=O)N[C@@H](Cc1ccccc1)C(=O)N[C@@H](C)C(=O)OCc1ccccc1. The number of hydrogen-bond acceptors (Lipinski definition) is 9. The van der Waals surface area contributed by atoms with Crippen molar-refractivity contribution in [2.75, 3.05) is 6.61 Å². The minimum atomic E-state index is -1.48. The molecule has 0 aromatic heterocycles. The first-order valence-corrected chi connectivity index (χ1v) is 14.4. The first-order valence-electron chi connectivity index (χ1n) is 14.4. The molecule has 14 nitrogen and oxygen atoms in total. The van der Waals surface area contributed by atoms with E-state index in [4.69, 9.17) is 21.3 Å². The lowest BCUT2D eigenvalue weighted by atomic mass is 10.00. The molecule has 2 aromatic carbocycles. The van der Waals surface area contributed by atoms with Crippen molar-refractivity contribution >= 4 is 35.5 Å². The fraction of sp³-hybridized carbons (Fsp3) is 0.419. The van der Waals surface area contributed by atoms with Gasteiger partial charge in [0.05, 0.1) is 13.0 Å². The van der Waals surface area contributed by atoms with Gasteiger partial charge in [-0.25, -0.2) is 4.79 Å². The molecule has 9 N–H and O–H groups in total. The van der Waals surface area contributed by atoms with Crippen LogP contribution >= 0.6 is 0 Å². The largest absolute Gasteiger partial charge is 0.459 e. The van der Waals surface area contributed by atoms with Crippen molar-refractivity contribution in [3.63, 3.8) is 0 Å². The van der Waals surface area contributed by atoms with Crippen LogP contribution in [0, 0.1) is 5.92 Å². The smallest absolute Gasteiger partial charge is 0.328 e. The molecule has 0 aliphatic heterocycles. The van der Waals surface area contributed by atoms with Crippen LogP contribution in [0.3, 0.4) is 0 Å². The molecular formula is C31H42N6O8. The summed E-state index contributed by atoms with van der Waals surface area (Å²) < 4.78 is 5.31. The number of esters is 1. The number of carbonyl (C=O) groups excluding carboxylic acids is 6. The molecule has 0 fully saturated rings. The van der Waals surface area contributed by atoms with Gasteiger partial charge in [0.15, 0.2) is 0 Å². The Morgan fingerprint density at radius 1 is 0.733 bits per heavy atom. The van der Waals surface area contributed by atoms with Crippen molar-refractivity contribution in [3.05, 3.63) is 71.8 Å². The number of aliphatic hydroxyl groups excluding tert-OH is 1. The molecule has 0 spiro atoms. The van der Waals surface area contributed by atoms with Gasteiger partial charge in [0.1, 0.15) is 36.8 Å². The summed E-state index contributed by atoms with van der Waals surface area (Å²) in [4.78, 5) is 76.3. The minimum absolute atomic E-state index is 0.0168. The lowest BCUT2D eigenvalue weighted by Gasteiger charge is -2.28. The molecule has 5 amide bonds. The third-order valence-electron chi connectivity index (χ3n) is 6.67. The summed E-state index contributed by atoms with van der Waals surface area (Å²) in [5, 5.41) is 19.1. The van der Waals surface area contributed by atoms with E-state index in [1.165, 1.54) is 6.92 Å². The Bertz CT molecular complexity index is 1310. The Morgan fingerprint density at radius 2 is 1.27 bits per heavy atom. The highest BCUT2D eigenvalue weighted by atomic mass is 16.5. The summed E-state index contributed by atoms with van der Waals surface area (Å²) in [6.07, 6.45) is -0.540. The zero-order valence-corrected chi connectivity index (χ0v) is 25.5. The molecule has 14 heteroatoms. The Kier molecular flexibility index (Phi) is 14.6. The highest BCUT2D eigenvalue weighted by molar-refractivity contribution is 5.97. The molecule has 0 heterocycles. The van der Waals surface area contributed by atoms with Gasteiger partial charge in [-0.15, -0.1) is 0 Å². The zero-order chi connectivity index (χ0) is 33.5. The normalized spacial score (nSPS) is 14.2. The van der Waals surface area contributed by atoms with Gasteiger partial charge in [-0.05, 0) is 24.0 Å². The number of nitrogens with one attached hydrogen (secondary N) is 4. The molecule has 0 radical (unpaired) electrons. The van der Waals surface area contributed by atoms with Crippen LogP contribution in [0.15, 0.2) is 60.7 Å². The van der Waals surface area contributed by atoms with Crippen LogP contribution in [0.4, 0.5) is 0 Å². The topological polar surface area (TPSA) is 232 Å². The fourth-order valence-corrected chi connectivity index (χ4v) is 4.11. The molecule has 244 valence electrons. The second-order valence-corrected chi connectivity index (χ2v) is 10.8. The highest BCUT2D eigenvalue weighted by Gasteiger charge is 2.33. The van der Waals surface area contributed by atoms with Gasteiger partial charge in [0.2, 0.25) is 29.5 Å². The van der Waals surface area contributed by atoms with E-state index in [9.17, 15) is 28.8 Å². The molecule has 0 bridgehead atoms. The van der Waals surface area contributed by atoms with Crippen molar-refractivity contribution < 1.29 is 38.6 Å². The number of carbonyl (C=O) groups is 6. The van der Waals surface area contributed by atoms with Crippen molar-refractivity contribution in [2.24, 2.45) is 17.4 Å². The lowest BCUT2D eigenvalue weighted by molar-refractivity contribution is -0.148. The maximum Gasteiger partial charge on any atom is 0.328 e. The molecule has 0 aliphatic carbocycles. The van der Waals surface area contributed by atoms with Crippen LogP contribution < -0.4 is 32.7 Å². The second kappa shape index (κ2) is 18.1. The Morgan fingerprint density at radius 3 is 1.80 bits per heavy atom. The fourth-order valence-electron chi connectivity index (χ4n) is 4.11. The summed E-state index contributed by atoms with van der Waals surface area (Å²) in [5.41, 5.74) is 12.2. The molecule has 0 saturated carbocycles. The average Bonchev–Trinajstić information content (AvgIpc) is 3.01. The van der Waals surface area contributed by atoms with E-state index in [1.807, 2.05) is 6.07 Å². The van der Waals surface area contributed by atoms with Crippen molar-refractivity contribution in [1.29, 1.82) is 0 Å². The summed E-state index contributed by atoms with van der Waals surface area (Å²) in [6, 6.07) is 11.6. The predicted octanol–water partition coefficient (Wildman–Crippen LogP) is -1.22. The first-order chi connectivity index (χ1) is 21.3. The molecule has 2 rings (SSSR count). The van der Waals surface area contributed by atoms with Crippen LogP contribution in [-0.4, -0.2) is 77.4 Å². The number of benzene rings is 2. The van der Waals surface area contributed by atoms with Crippen LogP contribution in [0.25, 0.3) is 0 Å². The van der Waals surface area contributed by atoms with E-state index >= 15 is 0 Å². The molecule has 2 aromatic rings. The standard InChI is InChI=1S/C31H42N6O8/c1-18(2)26(37-29(42)24(15-25(33)39)35-27(40)22(32)16-38)30(43)36-23(14-20-10-6-4-7-11-20)28(41)34-19(3)31(44)45-17-21-12-8-5-9-13-21/h4-13,18-19,22-24,26,38H,14-17,32H2,1-3H3,(H2,33,39)(H,34,41)(H,35,40)(H,36,43)(H,37,42)/t19-,22+,23-,24+,26-/m0/s1. The van der Waals surface area contributed by atoms with E-state index in [-0.39, 0.29) is 13.0 Å². The van der Waals surface area contributed by atoms with Gasteiger partial charge >= 0.3 is 5.97 Å². The molecular weight excluding hydrogens is 584 g/mol. The van der Waals surface area contributed by atoms with Gasteiger partial charge in [-0.2, -0.15) is 0 Å². The number of rotatable bonds is 17. The van der Waals surface area contributed by atoms with E-state index in [0.29, 0.717) is 5.56 Å². The number of hydrogen-bond donors (Lipinski definition) is 7. The van der Waals surface area contributed by atoms with Crippen LogP contribution in [0.2, 0.25) is 0 Å². The van der Waals surface area contributed by atoms with Gasteiger partial charge in [0.25, 0.3) is 0 Å². The lowest BCUT2D eigenvalue weighted by Crippen LogP contribution is -2.60. The highest BCUT2D eigenvalue weighted by Crippen LogP contribution is 2.09. The van der Waals surface area contributed by atoms with Gasteiger partial charge in [0, 0.05) is 6.42 Å². The monoisotopic (exact) mass is 626 g/mol. The number of amides is 5. The third kappa shape index (κ3) is 12.4. The van der Waals surface area contributed by atoms with E-state index in [0.717, 1.165) is 5.56 Å². The van der Waals surface area contributed by atoms with Crippen molar-refractivity contribution in [1.82, 2.24) is 21.3 Å². The Balaban J connectivity index is 2.18. The Labute approximate surface area is 261 Å². The van der Waals surface area contributed by atoms with Crippen molar-refractivity contribution in [2.45, 2.75) is 70.4 Å². The summed E-state index contributed by atoms with van der Waals surface area (Å²) in [7, 11) is 0. The molecule has 5 atom stereocenters.